The lowest BCUT2D eigenvalue weighted by molar-refractivity contribution is 0.102. The Hall–Kier alpha value is -2.52. The third-order valence-electron chi connectivity index (χ3n) is 3.37. The van der Waals surface area contributed by atoms with Gasteiger partial charge in [-0.15, -0.1) is 0 Å². The van der Waals surface area contributed by atoms with Gasteiger partial charge in [0.25, 0.3) is 5.91 Å². The lowest BCUT2D eigenvalue weighted by Gasteiger charge is -2.15. The van der Waals surface area contributed by atoms with E-state index in [1.54, 1.807) is 20.8 Å². The van der Waals surface area contributed by atoms with Gasteiger partial charge in [0.05, 0.1) is 12.3 Å². The van der Waals surface area contributed by atoms with Gasteiger partial charge < -0.3 is 10.1 Å². The number of hydrogen-bond acceptors (Lipinski definition) is 4. The lowest BCUT2D eigenvalue weighted by Crippen LogP contribution is -2.30. The molecule has 0 radical (unpaired) electrons. The Bertz CT molecular complexity index is 946. The van der Waals surface area contributed by atoms with E-state index >= 15 is 0 Å². The van der Waals surface area contributed by atoms with Gasteiger partial charge in [-0.25, -0.2) is 21.9 Å². The van der Waals surface area contributed by atoms with Crippen molar-refractivity contribution >= 4 is 21.6 Å². The van der Waals surface area contributed by atoms with Crippen molar-refractivity contribution in [1.82, 2.24) is 4.72 Å². The number of carbonyl (C=O) groups is 1. The number of nitrogens with one attached hydrogen (secondary N) is 2. The zero-order valence-electron chi connectivity index (χ0n) is 15.0. The fraction of sp³-hybridized carbons (Fsp3) is 0.278. The van der Waals surface area contributed by atoms with Gasteiger partial charge in [-0.05, 0) is 51.1 Å². The maximum Gasteiger partial charge on any atom is 0.255 e. The lowest BCUT2D eigenvalue weighted by atomic mass is 10.2. The van der Waals surface area contributed by atoms with Crippen LogP contribution in [0, 0.1) is 11.6 Å². The van der Waals surface area contributed by atoms with Gasteiger partial charge in [0.15, 0.2) is 0 Å². The van der Waals surface area contributed by atoms with E-state index < -0.39 is 27.6 Å². The van der Waals surface area contributed by atoms with Gasteiger partial charge in [-0.3, -0.25) is 4.79 Å². The van der Waals surface area contributed by atoms with Gasteiger partial charge in [0, 0.05) is 17.7 Å². The minimum Gasteiger partial charge on any atom is -0.492 e. The van der Waals surface area contributed by atoms with Crippen LogP contribution in [0.25, 0.3) is 0 Å². The van der Waals surface area contributed by atoms with Crippen molar-refractivity contribution in [1.29, 1.82) is 0 Å². The minimum absolute atomic E-state index is 0.0219. The molecule has 0 atom stereocenters. The van der Waals surface area contributed by atoms with Crippen LogP contribution in [0.5, 0.6) is 5.75 Å². The number of sulfonamides is 1. The number of amides is 1. The largest absolute Gasteiger partial charge is 0.492 e. The Balaban J connectivity index is 2.40. The number of rotatable bonds is 7. The number of anilines is 1. The second-order valence-corrected chi connectivity index (χ2v) is 7.63. The quantitative estimate of drug-likeness (QED) is 0.750. The minimum atomic E-state index is -3.93. The van der Waals surface area contributed by atoms with Crippen LogP contribution in [0.1, 0.15) is 31.1 Å². The Morgan fingerprint density at radius 3 is 2.44 bits per heavy atom. The summed E-state index contributed by atoms with van der Waals surface area (Å²) in [7, 11) is -3.93. The number of halogens is 2. The molecular formula is C18H20F2N2O4S. The molecule has 0 bridgehead atoms. The fourth-order valence-corrected chi connectivity index (χ4v) is 3.71. The third kappa shape index (κ3) is 5.24. The Morgan fingerprint density at radius 2 is 1.85 bits per heavy atom. The highest BCUT2D eigenvalue weighted by Gasteiger charge is 2.23. The van der Waals surface area contributed by atoms with E-state index in [1.807, 2.05) is 0 Å². The van der Waals surface area contributed by atoms with Gasteiger partial charge in [-0.1, -0.05) is 0 Å². The van der Waals surface area contributed by atoms with E-state index in [2.05, 4.69) is 10.0 Å². The molecule has 27 heavy (non-hydrogen) atoms. The summed E-state index contributed by atoms with van der Waals surface area (Å²) in [5.74, 6) is -2.37. The highest BCUT2D eigenvalue weighted by atomic mass is 32.2. The summed E-state index contributed by atoms with van der Waals surface area (Å²) in [5, 5.41) is 2.29. The zero-order valence-corrected chi connectivity index (χ0v) is 15.9. The molecule has 0 unspecified atom stereocenters. The summed E-state index contributed by atoms with van der Waals surface area (Å²) in [4.78, 5) is 12.2. The van der Waals surface area contributed by atoms with Crippen molar-refractivity contribution in [2.24, 2.45) is 0 Å². The van der Waals surface area contributed by atoms with E-state index in [0.29, 0.717) is 6.07 Å². The van der Waals surface area contributed by atoms with Gasteiger partial charge >= 0.3 is 0 Å². The molecular weight excluding hydrogens is 378 g/mol. The van der Waals surface area contributed by atoms with E-state index in [9.17, 15) is 22.0 Å². The first-order chi connectivity index (χ1) is 12.6. The van der Waals surface area contributed by atoms with Crippen molar-refractivity contribution in [3.05, 3.63) is 53.6 Å². The number of carbonyl (C=O) groups excluding carboxylic acids is 1. The molecule has 0 saturated carbocycles. The van der Waals surface area contributed by atoms with Gasteiger partial charge in [0.1, 0.15) is 22.3 Å². The molecule has 1 amide bonds. The molecule has 6 nitrogen and oxygen atoms in total. The molecule has 0 fully saturated rings. The molecule has 2 aromatic rings. The highest BCUT2D eigenvalue weighted by Crippen LogP contribution is 2.26. The highest BCUT2D eigenvalue weighted by molar-refractivity contribution is 7.89. The Morgan fingerprint density at radius 1 is 1.15 bits per heavy atom. The van der Waals surface area contributed by atoms with Crippen molar-refractivity contribution in [3.63, 3.8) is 0 Å². The summed E-state index contributed by atoms with van der Waals surface area (Å²) < 4.78 is 59.5. The molecule has 0 saturated heterocycles. The molecule has 0 heterocycles. The van der Waals surface area contributed by atoms with Crippen molar-refractivity contribution in [2.75, 3.05) is 11.9 Å². The summed E-state index contributed by atoms with van der Waals surface area (Å²) in [5.41, 5.74) is -0.244. The molecule has 2 rings (SSSR count). The van der Waals surface area contributed by atoms with Crippen LogP contribution >= 0.6 is 0 Å². The maximum atomic E-state index is 13.7. The van der Waals surface area contributed by atoms with Crippen molar-refractivity contribution < 1.29 is 26.7 Å². The van der Waals surface area contributed by atoms with Crippen LogP contribution in [0.4, 0.5) is 14.5 Å². The molecule has 0 spiro atoms. The normalized spacial score (nSPS) is 11.5. The fourth-order valence-electron chi connectivity index (χ4n) is 2.29. The van der Waals surface area contributed by atoms with Gasteiger partial charge in [-0.2, -0.15) is 0 Å². The second-order valence-electron chi connectivity index (χ2n) is 5.95. The molecule has 0 aromatic heterocycles. The molecule has 0 aliphatic carbocycles. The van der Waals surface area contributed by atoms with Crippen LogP contribution in [0.15, 0.2) is 41.3 Å². The average molecular weight is 398 g/mol. The molecule has 0 aliphatic heterocycles. The van der Waals surface area contributed by atoms with Crippen LogP contribution in [-0.4, -0.2) is 27.0 Å². The summed E-state index contributed by atoms with van der Waals surface area (Å²) in [6, 6.07) is 6.21. The van der Waals surface area contributed by atoms with E-state index in [1.165, 1.54) is 12.1 Å². The van der Waals surface area contributed by atoms with Crippen LogP contribution < -0.4 is 14.8 Å². The smallest absolute Gasteiger partial charge is 0.255 e. The molecule has 0 aliphatic rings. The van der Waals surface area contributed by atoms with Crippen LogP contribution in [-0.2, 0) is 10.0 Å². The van der Waals surface area contributed by atoms with E-state index in [-0.39, 0.29) is 34.5 Å². The number of hydrogen-bond donors (Lipinski definition) is 2. The van der Waals surface area contributed by atoms with Crippen LogP contribution in [0.3, 0.4) is 0 Å². The number of benzene rings is 2. The Labute approximate surface area is 156 Å². The van der Waals surface area contributed by atoms with Crippen molar-refractivity contribution in [3.8, 4) is 5.75 Å². The second kappa shape index (κ2) is 8.45. The summed E-state index contributed by atoms with van der Waals surface area (Å²) >= 11 is 0. The predicted octanol–water partition coefficient (Wildman–Crippen LogP) is 3.30. The Kier molecular flexibility index (Phi) is 6.50. The first-order valence-corrected chi connectivity index (χ1v) is 9.68. The molecule has 9 heteroatoms. The first kappa shape index (κ1) is 20.8. The van der Waals surface area contributed by atoms with Crippen molar-refractivity contribution in [2.45, 2.75) is 31.7 Å². The zero-order chi connectivity index (χ0) is 20.2. The van der Waals surface area contributed by atoms with Gasteiger partial charge in [0.2, 0.25) is 10.0 Å². The maximum absolute atomic E-state index is 13.7. The SMILES string of the molecule is CCOc1ccc(C(=O)Nc2ccc(F)cc2F)cc1S(=O)(=O)NC(C)C. The summed E-state index contributed by atoms with van der Waals surface area (Å²) in [6.45, 7) is 5.25. The predicted molar refractivity (Wildman–Crippen MR) is 97.4 cm³/mol. The third-order valence-corrected chi connectivity index (χ3v) is 5.05. The monoisotopic (exact) mass is 398 g/mol. The average Bonchev–Trinajstić information content (AvgIpc) is 2.56. The summed E-state index contributed by atoms with van der Waals surface area (Å²) in [6.07, 6.45) is 0. The first-order valence-electron chi connectivity index (χ1n) is 8.19. The molecule has 2 aromatic carbocycles. The molecule has 146 valence electrons. The molecule has 2 N–H and O–H groups in total. The standard InChI is InChI=1S/C18H20F2N2O4S/c1-4-26-16-8-5-12(9-17(16)27(24,25)22-11(2)3)18(23)21-15-7-6-13(19)10-14(15)20/h5-11,22H,4H2,1-3H3,(H,21,23). The van der Waals surface area contributed by atoms with E-state index in [0.717, 1.165) is 18.2 Å². The van der Waals surface area contributed by atoms with E-state index in [4.69, 9.17) is 4.74 Å². The topological polar surface area (TPSA) is 84.5 Å². The van der Waals surface area contributed by atoms with Crippen LogP contribution in [0.2, 0.25) is 0 Å². The number of ether oxygens (including phenoxy) is 1.